The van der Waals surface area contributed by atoms with Crippen LogP contribution in [0.25, 0.3) is 0 Å². The summed E-state index contributed by atoms with van der Waals surface area (Å²) in [4.78, 5) is 14.7. The average molecular weight is 458 g/mol. The maximum Gasteiger partial charge on any atom is 0.264 e. The van der Waals surface area contributed by atoms with Crippen LogP contribution in [0, 0.1) is 0 Å². The lowest BCUT2D eigenvalue weighted by Crippen LogP contribution is -2.41. The van der Waals surface area contributed by atoms with E-state index in [0.29, 0.717) is 25.9 Å². The van der Waals surface area contributed by atoms with E-state index in [-0.39, 0.29) is 10.8 Å². The molecule has 2 aromatic carbocycles. The van der Waals surface area contributed by atoms with Crippen molar-refractivity contribution in [2.24, 2.45) is 0 Å². The molecule has 0 aliphatic carbocycles. The SMILES string of the molecule is O=C(CCc1ccc(S(=O)(=O)N2CCCc3ccccc32)cc1)NCCN1CCOCC1. The number of benzene rings is 2. The van der Waals surface area contributed by atoms with Crippen LogP contribution in [-0.4, -0.2) is 65.2 Å². The molecular formula is C24H31N3O4S. The van der Waals surface area contributed by atoms with E-state index in [2.05, 4.69) is 10.2 Å². The zero-order chi connectivity index (χ0) is 22.4. The number of ether oxygens (including phenoxy) is 1. The molecule has 2 aliphatic rings. The van der Waals surface area contributed by atoms with Gasteiger partial charge in [-0.3, -0.25) is 14.0 Å². The van der Waals surface area contributed by atoms with E-state index in [1.807, 2.05) is 36.4 Å². The molecule has 2 aromatic rings. The van der Waals surface area contributed by atoms with Gasteiger partial charge in [-0.2, -0.15) is 0 Å². The maximum absolute atomic E-state index is 13.2. The smallest absolute Gasteiger partial charge is 0.264 e. The first-order chi connectivity index (χ1) is 15.5. The fourth-order valence-corrected chi connectivity index (χ4v) is 5.77. The monoisotopic (exact) mass is 457 g/mol. The number of carbonyl (C=O) groups excluding carboxylic acids is 1. The van der Waals surface area contributed by atoms with Crippen molar-refractivity contribution in [1.29, 1.82) is 0 Å². The van der Waals surface area contributed by atoms with Gasteiger partial charge in [0.2, 0.25) is 5.91 Å². The summed E-state index contributed by atoms with van der Waals surface area (Å²) in [7, 11) is -3.61. The molecule has 0 radical (unpaired) electrons. The molecule has 0 unspecified atom stereocenters. The van der Waals surface area contributed by atoms with Crippen LogP contribution < -0.4 is 9.62 Å². The van der Waals surface area contributed by atoms with Gasteiger partial charge in [-0.15, -0.1) is 0 Å². The van der Waals surface area contributed by atoms with Crippen LogP contribution in [0.5, 0.6) is 0 Å². The summed E-state index contributed by atoms with van der Waals surface area (Å²) in [6, 6.07) is 14.6. The molecule has 0 atom stereocenters. The number of hydrogen-bond acceptors (Lipinski definition) is 5. The van der Waals surface area contributed by atoms with Gasteiger partial charge in [-0.1, -0.05) is 30.3 Å². The van der Waals surface area contributed by atoms with Crippen LogP contribution in [0.4, 0.5) is 5.69 Å². The summed E-state index contributed by atoms with van der Waals surface area (Å²) in [5, 5.41) is 2.96. The van der Waals surface area contributed by atoms with Gasteiger partial charge >= 0.3 is 0 Å². The van der Waals surface area contributed by atoms with Gasteiger partial charge in [-0.25, -0.2) is 8.42 Å². The minimum absolute atomic E-state index is 0.0138. The molecule has 7 nitrogen and oxygen atoms in total. The fourth-order valence-electron chi connectivity index (χ4n) is 4.23. The normalized spacial score (nSPS) is 17.1. The number of fused-ring (bicyclic) bond motifs is 1. The molecule has 1 saturated heterocycles. The van der Waals surface area contributed by atoms with Crippen molar-refractivity contribution in [3.05, 3.63) is 59.7 Å². The molecular weight excluding hydrogens is 426 g/mol. The first kappa shape index (κ1) is 22.8. The number of anilines is 1. The van der Waals surface area contributed by atoms with Crippen molar-refractivity contribution in [3.8, 4) is 0 Å². The van der Waals surface area contributed by atoms with Gasteiger partial charge in [-0.05, 0) is 48.6 Å². The minimum Gasteiger partial charge on any atom is -0.379 e. The van der Waals surface area contributed by atoms with Crippen LogP contribution in [0.2, 0.25) is 0 Å². The predicted octanol–water partition coefficient (Wildman–Crippen LogP) is 2.21. The highest BCUT2D eigenvalue weighted by Gasteiger charge is 2.28. The van der Waals surface area contributed by atoms with Crippen molar-refractivity contribution >= 4 is 21.6 Å². The largest absolute Gasteiger partial charge is 0.379 e. The molecule has 0 saturated carbocycles. The predicted molar refractivity (Wildman–Crippen MR) is 124 cm³/mol. The number of hydrogen-bond donors (Lipinski definition) is 1. The Morgan fingerprint density at radius 2 is 1.75 bits per heavy atom. The van der Waals surface area contributed by atoms with E-state index >= 15 is 0 Å². The summed E-state index contributed by atoms with van der Waals surface area (Å²) in [5.74, 6) is 0.0138. The van der Waals surface area contributed by atoms with E-state index in [1.54, 1.807) is 12.1 Å². The van der Waals surface area contributed by atoms with Crippen molar-refractivity contribution in [2.45, 2.75) is 30.6 Å². The molecule has 1 N–H and O–H groups in total. The third kappa shape index (κ3) is 5.49. The van der Waals surface area contributed by atoms with Crippen LogP contribution in [0.1, 0.15) is 24.0 Å². The number of morpholine rings is 1. The third-order valence-electron chi connectivity index (χ3n) is 6.07. The quantitative estimate of drug-likeness (QED) is 0.658. The van der Waals surface area contributed by atoms with Crippen LogP contribution in [0.15, 0.2) is 53.4 Å². The molecule has 2 heterocycles. The molecule has 172 valence electrons. The molecule has 0 spiro atoms. The Hall–Kier alpha value is -2.42. The number of nitrogens with one attached hydrogen (secondary N) is 1. The minimum atomic E-state index is -3.61. The second kappa shape index (κ2) is 10.5. The lowest BCUT2D eigenvalue weighted by molar-refractivity contribution is -0.121. The zero-order valence-electron chi connectivity index (χ0n) is 18.3. The van der Waals surface area contributed by atoms with E-state index in [4.69, 9.17) is 4.74 Å². The molecule has 0 bridgehead atoms. The standard InChI is InChI=1S/C24H31N3O4S/c28-24(25-13-15-26-16-18-31-19-17-26)12-9-20-7-10-22(11-8-20)32(29,30)27-14-3-5-21-4-1-2-6-23(21)27/h1-2,4,6-8,10-11H,3,5,9,12-19H2,(H,25,28). The topological polar surface area (TPSA) is 79.0 Å². The summed E-state index contributed by atoms with van der Waals surface area (Å²) < 4.78 is 33.3. The highest BCUT2D eigenvalue weighted by Crippen LogP contribution is 2.31. The Morgan fingerprint density at radius 3 is 2.53 bits per heavy atom. The van der Waals surface area contributed by atoms with Gasteiger partial charge in [0, 0.05) is 39.1 Å². The van der Waals surface area contributed by atoms with E-state index in [9.17, 15) is 13.2 Å². The number of amides is 1. The van der Waals surface area contributed by atoms with Crippen LogP contribution in [-0.2, 0) is 32.4 Å². The zero-order valence-corrected chi connectivity index (χ0v) is 19.1. The number of carbonyl (C=O) groups is 1. The van der Waals surface area contributed by atoms with Gasteiger partial charge in [0.25, 0.3) is 10.0 Å². The molecule has 4 rings (SSSR count). The van der Waals surface area contributed by atoms with Crippen molar-refractivity contribution in [2.75, 3.05) is 50.2 Å². The number of rotatable bonds is 8. The Morgan fingerprint density at radius 1 is 1.00 bits per heavy atom. The van der Waals surface area contributed by atoms with Crippen LogP contribution in [0.3, 0.4) is 0 Å². The Kier molecular flexibility index (Phi) is 7.44. The van der Waals surface area contributed by atoms with E-state index in [1.165, 1.54) is 4.31 Å². The molecule has 0 aromatic heterocycles. The van der Waals surface area contributed by atoms with Crippen LogP contribution >= 0.6 is 0 Å². The molecule has 32 heavy (non-hydrogen) atoms. The highest BCUT2D eigenvalue weighted by molar-refractivity contribution is 7.92. The molecule has 1 amide bonds. The van der Waals surface area contributed by atoms with Gasteiger partial charge in [0.1, 0.15) is 0 Å². The third-order valence-corrected chi connectivity index (χ3v) is 7.90. The maximum atomic E-state index is 13.2. The average Bonchev–Trinajstić information content (AvgIpc) is 2.83. The second-order valence-corrected chi connectivity index (χ2v) is 10.1. The van der Waals surface area contributed by atoms with Gasteiger partial charge in [0.15, 0.2) is 0 Å². The second-order valence-electron chi connectivity index (χ2n) is 8.26. The molecule has 8 heteroatoms. The lowest BCUT2D eigenvalue weighted by Gasteiger charge is -2.30. The highest BCUT2D eigenvalue weighted by atomic mass is 32.2. The summed E-state index contributed by atoms with van der Waals surface area (Å²) in [6.45, 7) is 5.29. The van der Waals surface area contributed by atoms with E-state index in [0.717, 1.165) is 62.5 Å². The van der Waals surface area contributed by atoms with Crippen molar-refractivity contribution in [3.63, 3.8) is 0 Å². The Balaban J connectivity index is 1.30. The van der Waals surface area contributed by atoms with Gasteiger partial charge in [0.05, 0.1) is 23.8 Å². The Bertz CT molecular complexity index is 1020. The van der Waals surface area contributed by atoms with E-state index < -0.39 is 10.0 Å². The number of aryl methyl sites for hydroxylation is 2. The van der Waals surface area contributed by atoms with Crippen molar-refractivity contribution < 1.29 is 17.9 Å². The number of para-hydroxylation sites is 1. The summed E-state index contributed by atoms with van der Waals surface area (Å²) >= 11 is 0. The molecule has 2 aliphatic heterocycles. The Labute approximate surface area is 190 Å². The molecule has 1 fully saturated rings. The first-order valence-electron chi connectivity index (χ1n) is 11.3. The number of sulfonamides is 1. The fraction of sp³-hybridized carbons (Fsp3) is 0.458. The summed E-state index contributed by atoms with van der Waals surface area (Å²) in [6.07, 6.45) is 2.68. The first-order valence-corrected chi connectivity index (χ1v) is 12.7. The summed E-state index contributed by atoms with van der Waals surface area (Å²) in [5.41, 5.74) is 2.79. The van der Waals surface area contributed by atoms with Gasteiger partial charge < -0.3 is 10.1 Å². The lowest BCUT2D eigenvalue weighted by atomic mass is 10.0. The number of nitrogens with zero attached hydrogens (tertiary/aromatic N) is 2. The van der Waals surface area contributed by atoms with Crippen molar-refractivity contribution in [1.82, 2.24) is 10.2 Å².